The van der Waals surface area contributed by atoms with Crippen LogP contribution >= 0.6 is 27.5 Å². The zero-order chi connectivity index (χ0) is 15.8. The summed E-state index contributed by atoms with van der Waals surface area (Å²) in [5.74, 6) is 0. The first kappa shape index (κ1) is 16.6. The number of hydrogen-bond acceptors (Lipinski definition) is 1. The average Bonchev–Trinajstić information content (AvgIpc) is 2.51. The second-order valence-corrected chi connectivity index (χ2v) is 5.95. The lowest BCUT2D eigenvalue weighted by Crippen LogP contribution is -2.33. The summed E-state index contributed by atoms with van der Waals surface area (Å²) < 4.78 is 1.02. The maximum Gasteiger partial charge on any atom is 0.318 e. The minimum absolute atomic E-state index is 0.236. The van der Waals surface area contributed by atoms with E-state index in [1.807, 2.05) is 54.6 Å². The fraction of sp³-hybridized carbons (Fsp3) is 0.118. The number of rotatable bonds is 5. The fourth-order valence-corrected chi connectivity index (χ4v) is 2.34. The third kappa shape index (κ3) is 5.54. The van der Waals surface area contributed by atoms with Crippen molar-refractivity contribution in [1.82, 2.24) is 10.6 Å². The maximum atomic E-state index is 11.6. The van der Waals surface area contributed by atoms with Gasteiger partial charge in [0.25, 0.3) is 0 Å². The predicted molar refractivity (Wildman–Crippen MR) is 94.9 cm³/mol. The molecule has 0 aliphatic rings. The molecule has 0 aliphatic heterocycles. The van der Waals surface area contributed by atoms with Crippen LogP contribution in [0.4, 0.5) is 4.79 Å². The van der Waals surface area contributed by atoms with Gasteiger partial charge in [-0.1, -0.05) is 57.9 Å². The monoisotopic (exact) mass is 378 g/mol. The topological polar surface area (TPSA) is 41.1 Å². The number of hydrogen-bond donors (Lipinski definition) is 2. The van der Waals surface area contributed by atoms with Crippen LogP contribution in [-0.2, 0) is 6.42 Å². The van der Waals surface area contributed by atoms with Gasteiger partial charge in [0.1, 0.15) is 0 Å². The Morgan fingerprint density at radius 1 is 1.14 bits per heavy atom. The van der Waals surface area contributed by atoms with Crippen LogP contribution in [0.1, 0.15) is 11.1 Å². The van der Waals surface area contributed by atoms with Gasteiger partial charge in [0.05, 0.1) is 0 Å². The Morgan fingerprint density at radius 3 is 2.59 bits per heavy atom. The average molecular weight is 380 g/mol. The smallest absolute Gasteiger partial charge is 0.318 e. The lowest BCUT2D eigenvalue weighted by Gasteiger charge is -2.06. The van der Waals surface area contributed by atoms with Gasteiger partial charge in [0.2, 0.25) is 0 Å². The Labute approximate surface area is 143 Å². The molecule has 2 rings (SSSR count). The van der Waals surface area contributed by atoms with Gasteiger partial charge in [0, 0.05) is 22.2 Å². The fourth-order valence-electron chi connectivity index (χ4n) is 1.85. The molecule has 3 nitrogen and oxygen atoms in total. The zero-order valence-electron chi connectivity index (χ0n) is 11.9. The number of urea groups is 1. The molecule has 0 radical (unpaired) electrons. The first-order valence-electron chi connectivity index (χ1n) is 6.85. The van der Waals surface area contributed by atoms with Crippen LogP contribution in [-0.4, -0.2) is 12.6 Å². The van der Waals surface area contributed by atoms with Gasteiger partial charge in [-0.2, -0.15) is 0 Å². The van der Waals surface area contributed by atoms with Crippen molar-refractivity contribution < 1.29 is 4.79 Å². The van der Waals surface area contributed by atoms with E-state index in [-0.39, 0.29) is 6.03 Å². The largest absolute Gasteiger partial charge is 0.338 e. The number of benzene rings is 2. The van der Waals surface area contributed by atoms with E-state index in [2.05, 4.69) is 26.6 Å². The molecular formula is C17H16BrClN2O. The molecule has 2 amide bonds. The van der Waals surface area contributed by atoms with Crippen molar-refractivity contribution >= 4 is 39.6 Å². The van der Waals surface area contributed by atoms with Gasteiger partial charge in [-0.05, 0) is 41.8 Å². The van der Waals surface area contributed by atoms with Crippen molar-refractivity contribution in [3.05, 3.63) is 75.4 Å². The van der Waals surface area contributed by atoms with Crippen molar-refractivity contribution in [2.75, 3.05) is 6.54 Å². The number of carbonyl (C=O) groups is 1. The molecule has 0 saturated heterocycles. The predicted octanol–water partition coefficient (Wildman–Crippen LogP) is 4.62. The Kier molecular flexibility index (Phi) is 6.49. The van der Waals surface area contributed by atoms with Gasteiger partial charge in [-0.25, -0.2) is 4.79 Å². The maximum absolute atomic E-state index is 11.6. The minimum Gasteiger partial charge on any atom is -0.338 e. The summed E-state index contributed by atoms with van der Waals surface area (Å²) >= 11 is 9.44. The van der Waals surface area contributed by atoms with Gasteiger partial charge < -0.3 is 10.6 Å². The van der Waals surface area contributed by atoms with Crippen LogP contribution in [0, 0.1) is 0 Å². The highest BCUT2D eigenvalue weighted by Crippen LogP contribution is 2.14. The van der Waals surface area contributed by atoms with Crippen LogP contribution in [0.25, 0.3) is 6.08 Å². The summed E-state index contributed by atoms with van der Waals surface area (Å²) in [4.78, 5) is 11.6. The molecule has 114 valence electrons. The number of carbonyl (C=O) groups excluding carboxylic acids is 1. The molecule has 0 bridgehead atoms. The minimum atomic E-state index is -0.236. The molecule has 5 heteroatoms. The first-order valence-corrected chi connectivity index (χ1v) is 8.02. The molecule has 0 atom stereocenters. The zero-order valence-corrected chi connectivity index (χ0v) is 14.2. The highest BCUT2D eigenvalue weighted by Gasteiger charge is 2.00. The van der Waals surface area contributed by atoms with Crippen LogP contribution in [0.5, 0.6) is 0 Å². The molecule has 0 aromatic heterocycles. The standard InChI is InChI=1S/C17H16BrClN2O/c18-15-7-5-13(6-8-15)9-11-20-17(22)21-12-10-14-3-1-2-4-16(14)19/h1-9,11H,10,12H2,(H2,20,21,22)/b11-9+. The molecular weight excluding hydrogens is 364 g/mol. The highest BCUT2D eigenvalue weighted by atomic mass is 79.9. The van der Waals surface area contributed by atoms with Crippen LogP contribution in [0.3, 0.4) is 0 Å². The SMILES string of the molecule is O=C(N/C=C/c1ccc(Br)cc1)NCCc1ccccc1Cl. The van der Waals surface area contributed by atoms with Gasteiger partial charge in [0.15, 0.2) is 0 Å². The van der Waals surface area contributed by atoms with Gasteiger partial charge in [-0.15, -0.1) is 0 Å². The molecule has 0 heterocycles. The third-order valence-corrected chi connectivity index (χ3v) is 3.90. The number of nitrogens with one attached hydrogen (secondary N) is 2. The molecule has 2 aromatic rings. The van der Waals surface area contributed by atoms with Crippen LogP contribution < -0.4 is 10.6 Å². The van der Waals surface area contributed by atoms with E-state index in [4.69, 9.17) is 11.6 Å². The second-order valence-electron chi connectivity index (χ2n) is 4.63. The van der Waals surface area contributed by atoms with E-state index >= 15 is 0 Å². The lowest BCUT2D eigenvalue weighted by atomic mass is 10.1. The summed E-state index contributed by atoms with van der Waals surface area (Å²) in [7, 11) is 0. The van der Waals surface area contributed by atoms with E-state index in [1.54, 1.807) is 6.20 Å². The molecule has 0 fully saturated rings. The highest BCUT2D eigenvalue weighted by molar-refractivity contribution is 9.10. The number of halogens is 2. The van der Waals surface area contributed by atoms with Crippen LogP contribution in [0.2, 0.25) is 5.02 Å². The third-order valence-electron chi connectivity index (χ3n) is 3.00. The van der Waals surface area contributed by atoms with Crippen molar-refractivity contribution in [2.45, 2.75) is 6.42 Å². The van der Waals surface area contributed by atoms with E-state index in [1.165, 1.54) is 0 Å². The molecule has 0 saturated carbocycles. The molecule has 2 N–H and O–H groups in total. The molecule has 0 aliphatic carbocycles. The van der Waals surface area contributed by atoms with Crippen LogP contribution in [0.15, 0.2) is 59.2 Å². The molecule has 2 aromatic carbocycles. The van der Waals surface area contributed by atoms with E-state index < -0.39 is 0 Å². The first-order chi connectivity index (χ1) is 10.6. The van der Waals surface area contributed by atoms with Gasteiger partial charge in [-0.3, -0.25) is 0 Å². The van der Waals surface area contributed by atoms with Crippen molar-refractivity contribution in [3.63, 3.8) is 0 Å². The summed E-state index contributed by atoms with van der Waals surface area (Å²) in [5.41, 5.74) is 2.04. The summed E-state index contributed by atoms with van der Waals surface area (Å²) in [6.07, 6.45) is 4.15. The quantitative estimate of drug-likeness (QED) is 0.782. The molecule has 0 unspecified atom stereocenters. The summed E-state index contributed by atoms with van der Waals surface area (Å²) in [6.45, 7) is 0.529. The lowest BCUT2D eigenvalue weighted by molar-refractivity contribution is 0.244. The Morgan fingerprint density at radius 2 is 1.86 bits per heavy atom. The van der Waals surface area contributed by atoms with Gasteiger partial charge >= 0.3 is 6.03 Å². The van der Waals surface area contributed by atoms with Crippen molar-refractivity contribution in [1.29, 1.82) is 0 Å². The molecule has 0 spiro atoms. The van der Waals surface area contributed by atoms with E-state index in [9.17, 15) is 4.79 Å². The van der Waals surface area contributed by atoms with Crippen molar-refractivity contribution in [2.24, 2.45) is 0 Å². The summed E-state index contributed by atoms with van der Waals surface area (Å²) in [5, 5.41) is 6.18. The Bertz CT molecular complexity index is 656. The van der Waals surface area contributed by atoms with Crippen molar-refractivity contribution in [3.8, 4) is 0 Å². The normalized spacial score (nSPS) is 10.6. The summed E-state index contributed by atoms with van der Waals surface area (Å²) in [6, 6.07) is 15.2. The Balaban J connectivity index is 1.72. The second kappa shape index (κ2) is 8.61. The Hall–Kier alpha value is -1.78. The number of amides is 2. The van der Waals surface area contributed by atoms with E-state index in [0.29, 0.717) is 13.0 Å². The van der Waals surface area contributed by atoms with E-state index in [0.717, 1.165) is 20.6 Å². The molecule has 22 heavy (non-hydrogen) atoms.